The van der Waals surface area contributed by atoms with Gasteiger partial charge in [-0.25, -0.2) is 17.6 Å². The number of rotatable bonds is 7. The van der Waals surface area contributed by atoms with Crippen LogP contribution in [0.3, 0.4) is 0 Å². The van der Waals surface area contributed by atoms with Crippen LogP contribution in [-0.4, -0.2) is 50.3 Å². The number of sulfonamides is 1. The summed E-state index contributed by atoms with van der Waals surface area (Å²) >= 11 is 0. The number of carbonyl (C=O) groups excluding carboxylic acids is 2. The number of carbonyl (C=O) groups is 2. The fourth-order valence-corrected chi connectivity index (χ4v) is 5.00. The predicted octanol–water partition coefficient (Wildman–Crippen LogP) is 2.07. The fourth-order valence-electron chi connectivity index (χ4n) is 3.47. The summed E-state index contributed by atoms with van der Waals surface area (Å²) in [5, 5.41) is 2.77. The first-order valence-electron chi connectivity index (χ1n) is 9.31. The Morgan fingerprint density at radius 3 is 2.43 bits per heavy atom. The SMILES string of the molecule is CCCC(C)(NC(=O)C1CCN(S(=O)(=O)c2ccccc2F)CC1)C(=O)OC. The molecule has 0 radical (unpaired) electrons. The number of esters is 1. The molecule has 1 unspecified atom stereocenters. The maximum absolute atomic E-state index is 13.9. The molecule has 1 aliphatic heterocycles. The third kappa shape index (κ3) is 4.70. The van der Waals surface area contributed by atoms with Gasteiger partial charge in [0, 0.05) is 19.0 Å². The highest BCUT2D eigenvalue weighted by Crippen LogP contribution is 2.26. The molecule has 0 saturated carbocycles. The normalized spacial score (nSPS) is 18.3. The summed E-state index contributed by atoms with van der Waals surface area (Å²) in [6, 6.07) is 5.24. The van der Waals surface area contributed by atoms with E-state index in [1.54, 1.807) is 6.92 Å². The Balaban J connectivity index is 2.04. The number of hydrogen-bond acceptors (Lipinski definition) is 5. The first kappa shape index (κ1) is 22.3. The number of nitrogens with one attached hydrogen (secondary N) is 1. The van der Waals surface area contributed by atoms with Crippen molar-refractivity contribution in [3.05, 3.63) is 30.1 Å². The Labute approximate surface area is 165 Å². The maximum atomic E-state index is 13.9. The molecule has 1 fully saturated rings. The van der Waals surface area contributed by atoms with Gasteiger partial charge in [-0.1, -0.05) is 25.5 Å². The molecule has 9 heteroatoms. The summed E-state index contributed by atoms with van der Waals surface area (Å²) in [6.45, 7) is 3.74. The van der Waals surface area contributed by atoms with Crippen LogP contribution in [0.2, 0.25) is 0 Å². The summed E-state index contributed by atoms with van der Waals surface area (Å²) in [6.07, 6.45) is 1.71. The molecule has 2 rings (SSSR count). The Bertz CT molecular complexity index is 821. The van der Waals surface area contributed by atoms with E-state index in [0.717, 1.165) is 6.07 Å². The molecule has 1 N–H and O–H groups in total. The highest BCUT2D eigenvalue weighted by atomic mass is 32.2. The van der Waals surface area contributed by atoms with Gasteiger partial charge >= 0.3 is 5.97 Å². The molecule has 1 amide bonds. The van der Waals surface area contributed by atoms with E-state index < -0.39 is 33.3 Å². The van der Waals surface area contributed by atoms with Crippen LogP contribution in [0.4, 0.5) is 4.39 Å². The van der Waals surface area contributed by atoms with Crippen molar-refractivity contribution in [1.82, 2.24) is 9.62 Å². The van der Waals surface area contributed by atoms with Crippen molar-refractivity contribution < 1.29 is 27.1 Å². The van der Waals surface area contributed by atoms with E-state index in [9.17, 15) is 22.4 Å². The second-order valence-electron chi connectivity index (χ2n) is 7.17. The second-order valence-corrected chi connectivity index (χ2v) is 9.08. The molecule has 156 valence electrons. The van der Waals surface area contributed by atoms with Gasteiger partial charge in [0.25, 0.3) is 0 Å². The molecule has 0 aliphatic carbocycles. The lowest BCUT2D eigenvalue weighted by molar-refractivity contribution is -0.151. The van der Waals surface area contributed by atoms with E-state index in [4.69, 9.17) is 4.74 Å². The third-order valence-electron chi connectivity index (χ3n) is 5.06. The molecule has 1 aliphatic rings. The zero-order valence-corrected chi connectivity index (χ0v) is 17.2. The average Bonchev–Trinajstić information content (AvgIpc) is 2.67. The van der Waals surface area contributed by atoms with Crippen molar-refractivity contribution in [2.45, 2.75) is 50.0 Å². The highest BCUT2D eigenvalue weighted by Gasteiger charge is 2.39. The third-order valence-corrected chi connectivity index (χ3v) is 7.00. The predicted molar refractivity (Wildman–Crippen MR) is 101 cm³/mol. The molecule has 1 aromatic carbocycles. The molecular weight excluding hydrogens is 387 g/mol. The molecule has 1 atom stereocenters. The van der Waals surface area contributed by atoms with Gasteiger partial charge in [0.15, 0.2) is 0 Å². The van der Waals surface area contributed by atoms with Gasteiger partial charge in [-0.15, -0.1) is 0 Å². The Morgan fingerprint density at radius 2 is 1.89 bits per heavy atom. The van der Waals surface area contributed by atoms with E-state index in [2.05, 4.69) is 5.32 Å². The second kappa shape index (κ2) is 9.00. The maximum Gasteiger partial charge on any atom is 0.331 e. The van der Waals surface area contributed by atoms with Crippen LogP contribution in [0.15, 0.2) is 29.2 Å². The summed E-state index contributed by atoms with van der Waals surface area (Å²) in [5.41, 5.74) is -1.11. The zero-order valence-electron chi connectivity index (χ0n) is 16.4. The fraction of sp³-hybridized carbons (Fsp3) is 0.579. The van der Waals surface area contributed by atoms with E-state index in [1.807, 2.05) is 6.92 Å². The van der Waals surface area contributed by atoms with Crippen molar-refractivity contribution in [3.63, 3.8) is 0 Å². The molecule has 28 heavy (non-hydrogen) atoms. The number of methoxy groups -OCH3 is 1. The monoisotopic (exact) mass is 414 g/mol. The van der Waals surface area contributed by atoms with Gasteiger partial charge in [-0.3, -0.25) is 4.79 Å². The van der Waals surface area contributed by atoms with Crippen molar-refractivity contribution in [2.24, 2.45) is 5.92 Å². The summed E-state index contributed by atoms with van der Waals surface area (Å²) in [5.74, 6) is -2.03. The van der Waals surface area contributed by atoms with Crippen molar-refractivity contribution in [3.8, 4) is 0 Å². The number of ether oxygens (including phenoxy) is 1. The van der Waals surface area contributed by atoms with E-state index in [1.165, 1.54) is 29.6 Å². The number of piperidine rings is 1. The highest BCUT2D eigenvalue weighted by molar-refractivity contribution is 7.89. The van der Waals surface area contributed by atoms with E-state index >= 15 is 0 Å². The number of halogens is 1. The van der Waals surface area contributed by atoms with Crippen LogP contribution in [0, 0.1) is 11.7 Å². The van der Waals surface area contributed by atoms with Crippen LogP contribution >= 0.6 is 0 Å². The molecular formula is C19H27FN2O5S. The van der Waals surface area contributed by atoms with Crippen LogP contribution < -0.4 is 5.32 Å². The van der Waals surface area contributed by atoms with Gasteiger partial charge in [0.2, 0.25) is 15.9 Å². The summed E-state index contributed by atoms with van der Waals surface area (Å²) in [4.78, 5) is 24.3. The van der Waals surface area contributed by atoms with E-state index in [0.29, 0.717) is 25.7 Å². The molecule has 0 spiro atoms. The smallest absolute Gasteiger partial charge is 0.331 e. The number of benzene rings is 1. The van der Waals surface area contributed by atoms with Crippen LogP contribution in [-0.2, 0) is 24.3 Å². The first-order valence-corrected chi connectivity index (χ1v) is 10.7. The first-order chi connectivity index (χ1) is 13.2. The zero-order chi connectivity index (χ0) is 20.9. The lowest BCUT2D eigenvalue weighted by Crippen LogP contribution is -2.55. The van der Waals surface area contributed by atoms with Crippen LogP contribution in [0.25, 0.3) is 0 Å². The Morgan fingerprint density at radius 1 is 1.29 bits per heavy atom. The molecule has 1 saturated heterocycles. The van der Waals surface area contributed by atoms with Gasteiger partial charge in [-0.2, -0.15) is 4.31 Å². The van der Waals surface area contributed by atoms with Crippen LogP contribution in [0.5, 0.6) is 0 Å². The van der Waals surface area contributed by atoms with Crippen molar-refractivity contribution >= 4 is 21.9 Å². The Kier molecular flexibility index (Phi) is 7.16. The molecule has 1 heterocycles. The quantitative estimate of drug-likeness (QED) is 0.690. The van der Waals surface area contributed by atoms with Crippen molar-refractivity contribution in [2.75, 3.05) is 20.2 Å². The summed E-state index contributed by atoms with van der Waals surface area (Å²) in [7, 11) is -2.68. The number of hydrogen-bond donors (Lipinski definition) is 1. The lowest BCUT2D eigenvalue weighted by Gasteiger charge is -2.33. The average molecular weight is 414 g/mol. The number of amides is 1. The standard InChI is InChI=1S/C19H27FN2O5S/c1-4-11-19(2,18(24)27-3)21-17(23)14-9-12-22(13-10-14)28(25,26)16-8-6-5-7-15(16)20/h5-8,14H,4,9-13H2,1-3H3,(H,21,23). The minimum absolute atomic E-state index is 0.109. The van der Waals surface area contributed by atoms with Gasteiger partial charge in [0.05, 0.1) is 7.11 Å². The van der Waals surface area contributed by atoms with Gasteiger partial charge < -0.3 is 10.1 Å². The van der Waals surface area contributed by atoms with Crippen LogP contribution in [0.1, 0.15) is 39.5 Å². The van der Waals surface area contributed by atoms with Gasteiger partial charge in [0.1, 0.15) is 16.3 Å². The minimum Gasteiger partial charge on any atom is -0.467 e. The topological polar surface area (TPSA) is 92.8 Å². The largest absolute Gasteiger partial charge is 0.467 e. The Hall–Kier alpha value is -2.00. The number of nitrogens with zero attached hydrogens (tertiary/aromatic N) is 1. The molecule has 1 aromatic rings. The minimum atomic E-state index is -3.95. The van der Waals surface area contributed by atoms with Gasteiger partial charge in [-0.05, 0) is 38.3 Å². The molecule has 7 nitrogen and oxygen atoms in total. The molecule has 0 bridgehead atoms. The van der Waals surface area contributed by atoms with E-state index in [-0.39, 0.29) is 23.9 Å². The summed E-state index contributed by atoms with van der Waals surface area (Å²) < 4.78 is 45.2. The van der Waals surface area contributed by atoms with Crippen molar-refractivity contribution in [1.29, 1.82) is 0 Å². The molecule has 0 aromatic heterocycles. The lowest BCUT2D eigenvalue weighted by atomic mass is 9.92.